The normalized spacial score (nSPS) is 13.3. The van der Waals surface area contributed by atoms with Crippen LogP contribution >= 0.6 is 0 Å². The molecule has 0 heterocycles. The Bertz CT molecular complexity index is 239. The summed E-state index contributed by atoms with van der Waals surface area (Å²) in [5.74, 6) is -0.604. The first-order chi connectivity index (χ1) is 10.1. The lowest BCUT2D eigenvalue weighted by Gasteiger charge is -2.28. The molecule has 0 amide bonds. The summed E-state index contributed by atoms with van der Waals surface area (Å²) in [5, 5.41) is 0. The van der Waals surface area contributed by atoms with Crippen molar-refractivity contribution in [2.45, 2.75) is 103 Å². The van der Waals surface area contributed by atoms with Gasteiger partial charge in [-0.25, -0.2) is 0 Å². The molecule has 0 aromatic heterocycles. The van der Waals surface area contributed by atoms with E-state index in [-0.39, 0.29) is 6.10 Å². The Labute approximate surface area is 131 Å². The minimum atomic E-state index is -0.604. The van der Waals surface area contributed by atoms with Crippen LogP contribution in [-0.2, 0) is 14.3 Å². The number of methoxy groups -OCH3 is 1. The van der Waals surface area contributed by atoms with E-state index >= 15 is 0 Å². The zero-order valence-electron chi connectivity index (χ0n) is 14.7. The van der Waals surface area contributed by atoms with Gasteiger partial charge in [-0.15, -0.1) is 0 Å². The van der Waals surface area contributed by atoms with Crippen LogP contribution in [-0.4, -0.2) is 25.3 Å². The third kappa shape index (κ3) is 13.0. The van der Waals surface area contributed by atoms with Crippen molar-refractivity contribution in [3.05, 3.63) is 0 Å². The molecule has 0 fully saturated rings. The number of unbranched alkanes of at least 4 members (excludes halogenated alkanes) is 8. The van der Waals surface area contributed by atoms with E-state index < -0.39 is 5.79 Å². The summed E-state index contributed by atoms with van der Waals surface area (Å²) in [6, 6.07) is 0. The zero-order chi connectivity index (χ0) is 16.0. The Hall–Kier alpha value is -0.410. The Kier molecular flexibility index (Phi) is 13.0. The quantitative estimate of drug-likeness (QED) is 0.235. The van der Waals surface area contributed by atoms with Crippen molar-refractivity contribution in [3.63, 3.8) is 0 Å². The molecule has 0 aromatic rings. The molecule has 3 nitrogen and oxygen atoms in total. The van der Waals surface area contributed by atoms with Gasteiger partial charge >= 0.3 is 0 Å². The van der Waals surface area contributed by atoms with E-state index in [0.717, 1.165) is 19.1 Å². The van der Waals surface area contributed by atoms with E-state index in [1.54, 1.807) is 7.11 Å². The number of hydrogen-bond donors (Lipinski definition) is 0. The predicted molar refractivity (Wildman–Crippen MR) is 88.5 cm³/mol. The number of carbonyl (C=O) groups excluding carboxylic acids is 1. The summed E-state index contributed by atoms with van der Waals surface area (Å²) in [4.78, 5) is 10.7. The minimum absolute atomic E-state index is 0.0120. The number of rotatable bonds is 15. The Morgan fingerprint density at radius 2 is 1.48 bits per heavy atom. The second kappa shape index (κ2) is 13.3. The lowest BCUT2D eigenvalue weighted by molar-refractivity contribution is -0.224. The Balaban J connectivity index is 3.63. The summed E-state index contributed by atoms with van der Waals surface area (Å²) in [7, 11) is 1.64. The molecule has 0 aromatic carbocycles. The third-order valence-corrected chi connectivity index (χ3v) is 3.93. The Morgan fingerprint density at radius 3 is 1.95 bits per heavy atom. The maximum atomic E-state index is 10.7. The highest BCUT2D eigenvalue weighted by Crippen LogP contribution is 2.19. The maximum absolute atomic E-state index is 10.7. The van der Waals surface area contributed by atoms with Gasteiger partial charge in [0, 0.05) is 13.5 Å². The van der Waals surface area contributed by atoms with Gasteiger partial charge in [0.1, 0.15) is 6.29 Å². The first-order valence-electron chi connectivity index (χ1n) is 8.72. The zero-order valence-corrected chi connectivity index (χ0v) is 14.7. The van der Waals surface area contributed by atoms with Gasteiger partial charge in [-0.2, -0.15) is 0 Å². The van der Waals surface area contributed by atoms with Crippen molar-refractivity contribution < 1.29 is 14.3 Å². The standard InChI is InChI=1S/C18H36O3/c1-5-6-7-8-9-10-11-12-13-14-17(15-16-19)21-18(2,3)20-4/h16-17H,5-15H2,1-4H3. The van der Waals surface area contributed by atoms with Gasteiger partial charge < -0.3 is 14.3 Å². The van der Waals surface area contributed by atoms with Crippen LogP contribution in [0.4, 0.5) is 0 Å². The average Bonchev–Trinajstić information content (AvgIpc) is 2.45. The molecule has 21 heavy (non-hydrogen) atoms. The lowest BCUT2D eigenvalue weighted by atomic mass is 10.0. The fourth-order valence-electron chi connectivity index (χ4n) is 2.46. The van der Waals surface area contributed by atoms with Gasteiger partial charge in [0.2, 0.25) is 0 Å². The van der Waals surface area contributed by atoms with Crippen LogP contribution in [0.3, 0.4) is 0 Å². The smallest absolute Gasteiger partial charge is 0.162 e. The maximum Gasteiger partial charge on any atom is 0.162 e. The molecule has 0 spiro atoms. The summed E-state index contributed by atoms with van der Waals surface area (Å²) >= 11 is 0. The molecule has 0 aliphatic rings. The van der Waals surface area contributed by atoms with Gasteiger partial charge in [0.05, 0.1) is 6.10 Å². The summed E-state index contributed by atoms with van der Waals surface area (Å²) in [6.45, 7) is 6.03. The third-order valence-electron chi connectivity index (χ3n) is 3.93. The van der Waals surface area contributed by atoms with Crippen LogP contribution in [0.2, 0.25) is 0 Å². The molecule has 3 heteroatoms. The molecule has 126 valence electrons. The molecule has 1 unspecified atom stereocenters. The van der Waals surface area contributed by atoms with E-state index in [9.17, 15) is 4.79 Å². The molecule has 0 aliphatic heterocycles. The van der Waals surface area contributed by atoms with Crippen LogP contribution in [0.5, 0.6) is 0 Å². The monoisotopic (exact) mass is 300 g/mol. The summed E-state index contributed by atoms with van der Waals surface area (Å²) in [6.07, 6.45) is 14.2. The van der Waals surface area contributed by atoms with Gasteiger partial charge in [0.15, 0.2) is 5.79 Å². The molecule has 0 rings (SSSR count). The first kappa shape index (κ1) is 20.6. The van der Waals surface area contributed by atoms with Crippen LogP contribution in [0, 0.1) is 0 Å². The molecule has 0 bridgehead atoms. The number of aldehydes is 1. The molecular weight excluding hydrogens is 264 g/mol. The molecule has 0 radical (unpaired) electrons. The predicted octanol–water partition coefficient (Wildman–Crippen LogP) is 5.26. The van der Waals surface area contributed by atoms with Gasteiger partial charge in [-0.05, 0) is 20.3 Å². The molecule has 0 saturated carbocycles. The second-order valence-corrected chi connectivity index (χ2v) is 6.36. The summed E-state index contributed by atoms with van der Waals surface area (Å²) in [5.41, 5.74) is 0. The molecular formula is C18H36O3. The minimum Gasteiger partial charge on any atom is -0.354 e. The van der Waals surface area contributed by atoms with Crippen LogP contribution < -0.4 is 0 Å². The number of carbonyl (C=O) groups is 1. The fraction of sp³-hybridized carbons (Fsp3) is 0.944. The molecule has 1 atom stereocenters. The SMILES string of the molecule is CCCCCCCCCCCC(CC=O)OC(C)(C)OC. The largest absolute Gasteiger partial charge is 0.354 e. The van der Waals surface area contributed by atoms with Crippen molar-refractivity contribution >= 4 is 6.29 Å². The topological polar surface area (TPSA) is 35.5 Å². The highest BCUT2D eigenvalue weighted by Gasteiger charge is 2.22. The van der Waals surface area contributed by atoms with Crippen molar-refractivity contribution in [1.29, 1.82) is 0 Å². The summed E-state index contributed by atoms with van der Waals surface area (Å²) < 4.78 is 11.1. The van der Waals surface area contributed by atoms with Crippen LogP contribution in [0.15, 0.2) is 0 Å². The average molecular weight is 300 g/mol. The fourth-order valence-corrected chi connectivity index (χ4v) is 2.46. The van der Waals surface area contributed by atoms with Crippen LogP contribution in [0.25, 0.3) is 0 Å². The highest BCUT2D eigenvalue weighted by atomic mass is 16.7. The van der Waals surface area contributed by atoms with Crippen molar-refractivity contribution in [3.8, 4) is 0 Å². The number of ether oxygens (including phenoxy) is 2. The van der Waals surface area contributed by atoms with E-state index in [1.165, 1.54) is 51.4 Å². The van der Waals surface area contributed by atoms with E-state index in [2.05, 4.69) is 6.92 Å². The first-order valence-corrected chi connectivity index (χ1v) is 8.72. The van der Waals surface area contributed by atoms with Gasteiger partial charge in [0.25, 0.3) is 0 Å². The van der Waals surface area contributed by atoms with Gasteiger partial charge in [-0.1, -0.05) is 64.7 Å². The molecule has 0 N–H and O–H groups in total. The van der Waals surface area contributed by atoms with E-state index in [0.29, 0.717) is 6.42 Å². The van der Waals surface area contributed by atoms with Crippen molar-refractivity contribution in [1.82, 2.24) is 0 Å². The Morgan fingerprint density at radius 1 is 0.952 bits per heavy atom. The molecule has 0 aliphatic carbocycles. The van der Waals surface area contributed by atoms with E-state index in [4.69, 9.17) is 9.47 Å². The lowest BCUT2D eigenvalue weighted by Crippen LogP contribution is -2.32. The molecule has 0 saturated heterocycles. The highest BCUT2D eigenvalue weighted by molar-refractivity contribution is 5.50. The van der Waals surface area contributed by atoms with Crippen molar-refractivity contribution in [2.24, 2.45) is 0 Å². The second-order valence-electron chi connectivity index (χ2n) is 6.36. The van der Waals surface area contributed by atoms with Crippen LogP contribution in [0.1, 0.15) is 91.4 Å². The number of hydrogen-bond acceptors (Lipinski definition) is 3. The van der Waals surface area contributed by atoms with E-state index in [1.807, 2.05) is 13.8 Å². The van der Waals surface area contributed by atoms with Gasteiger partial charge in [-0.3, -0.25) is 0 Å². The van der Waals surface area contributed by atoms with Crippen molar-refractivity contribution in [2.75, 3.05) is 7.11 Å².